The van der Waals surface area contributed by atoms with E-state index in [2.05, 4.69) is 5.32 Å². The number of halogens is 1. The average molecular weight is 313 g/mol. The molecule has 2 aromatic carbocycles. The van der Waals surface area contributed by atoms with Crippen LogP contribution in [-0.2, 0) is 22.7 Å². The molecule has 0 unspecified atom stereocenters. The van der Waals surface area contributed by atoms with Crippen LogP contribution in [0.5, 0.6) is 5.75 Å². The zero-order chi connectivity index (χ0) is 16.1. The van der Waals surface area contributed by atoms with Crippen LogP contribution in [0.2, 0.25) is 0 Å². The second kappa shape index (κ2) is 7.07. The minimum Gasteiger partial charge on any atom is -0.467 e. The van der Waals surface area contributed by atoms with E-state index in [0.29, 0.717) is 30.0 Å². The summed E-state index contributed by atoms with van der Waals surface area (Å²) in [7, 11) is 0. The molecule has 0 aliphatic carbocycles. The first-order valence-corrected chi connectivity index (χ1v) is 7.25. The third kappa shape index (κ3) is 3.96. The van der Waals surface area contributed by atoms with Gasteiger partial charge in [-0.1, -0.05) is 30.3 Å². The van der Waals surface area contributed by atoms with Crippen LogP contribution in [-0.4, -0.2) is 12.7 Å². The summed E-state index contributed by atoms with van der Waals surface area (Å²) in [6.07, 6.45) is 2.92. The summed E-state index contributed by atoms with van der Waals surface area (Å²) in [5, 5.41) is 2.78. The molecule has 4 nitrogen and oxygen atoms in total. The van der Waals surface area contributed by atoms with E-state index in [1.807, 2.05) is 30.3 Å². The van der Waals surface area contributed by atoms with Gasteiger partial charge in [0.1, 0.15) is 11.6 Å². The van der Waals surface area contributed by atoms with Crippen LogP contribution >= 0.6 is 0 Å². The predicted octanol–water partition coefficient (Wildman–Crippen LogP) is 3.02. The van der Waals surface area contributed by atoms with Crippen LogP contribution in [0.3, 0.4) is 0 Å². The lowest BCUT2D eigenvalue weighted by Crippen LogP contribution is -2.20. The second-order valence-electron chi connectivity index (χ2n) is 5.13. The fourth-order valence-corrected chi connectivity index (χ4v) is 2.34. The third-order valence-electron chi connectivity index (χ3n) is 3.43. The molecule has 0 bridgehead atoms. The van der Waals surface area contributed by atoms with Gasteiger partial charge in [-0.25, -0.2) is 4.39 Å². The molecule has 0 radical (unpaired) electrons. The highest BCUT2D eigenvalue weighted by molar-refractivity contribution is 5.92. The highest BCUT2D eigenvalue weighted by Crippen LogP contribution is 2.30. The molecule has 118 valence electrons. The number of hydrogen-bond acceptors (Lipinski definition) is 3. The Kier molecular flexibility index (Phi) is 4.68. The van der Waals surface area contributed by atoms with E-state index in [-0.39, 0.29) is 18.5 Å². The standard InChI is InChI=1S/C18H16FNO3/c19-16-8-14(18-15(9-16)11-22-12-23-18)6-7-17(21)20-10-13-4-2-1-3-5-13/h1-9H,10-12H2,(H,20,21)/b7-6+. The number of rotatable bonds is 4. The largest absolute Gasteiger partial charge is 0.467 e. The summed E-state index contributed by atoms with van der Waals surface area (Å²) in [5.74, 6) is -0.0779. The predicted molar refractivity (Wildman–Crippen MR) is 84.0 cm³/mol. The molecule has 1 aliphatic heterocycles. The van der Waals surface area contributed by atoms with E-state index in [4.69, 9.17) is 9.47 Å². The Morgan fingerprint density at radius 3 is 2.91 bits per heavy atom. The normalized spacial score (nSPS) is 13.4. The quantitative estimate of drug-likeness (QED) is 0.883. The smallest absolute Gasteiger partial charge is 0.244 e. The summed E-state index contributed by atoms with van der Waals surface area (Å²) in [5.41, 5.74) is 2.18. The number of carbonyl (C=O) groups excluding carboxylic acids is 1. The topological polar surface area (TPSA) is 47.6 Å². The minimum atomic E-state index is -0.387. The van der Waals surface area contributed by atoms with Crippen molar-refractivity contribution in [2.24, 2.45) is 0 Å². The molecule has 23 heavy (non-hydrogen) atoms. The van der Waals surface area contributed by atoms with Crippen molar-refractivity contribution < 1.29 is 18.7 Å². The Balaban J connectivity index is 1.68. The van der Waals surface area contributed by atoms with Crippen LogP contribution in [0.15, 0.2) is 48.5 Å². The van der Waals surface area contributed by atoms with Gasteiger partial charge in [0.05, 0.1) is 6.61 Å². The second-order valence-corrected chi connectivity index (χ2v) is 5.13. The zero-order valence-electron chi connectivity index (χ0n) is 12.4. The van der Waals surface area contributed by atoms with Gasteiger partial charge in [-0.15, -0.1) is 0 Å². The van der Waals surface area contributed by atoms with Gasteiger partial charge in [-0.05, 0) is 23.8 Å². The maximum Gasteiger partial charge on any atom is 0.244 e. The van der Waals surface area contributed by atoms with Gasteiger partial charge in [0.25, 0.3) is 0 Å². The Morgan fingerprint density at radius 1 is 1.26 bits per heavy atom. The van der Waals surface area contributed by atoms with E-state index < -0.39 is 0 Å². The molecule has 0 saturated heterocycles. The molecule has 1 heterocycles. The van der Waals surface area contributed by atoms with Gasteiger partial charge in [0.2, 0.25) is 5.91 Å². The summed E-state index contributed by atoms with van der Waals surface area (Å²) in [4.78, 5) is 11.9. The molecule has 0 atom stereocenters. The molecule has 0 aromatic heterocycles. The molecule has 3 rings (SSSR count). The van der Waals surface area contributed by atoms with Crippen molar-refractivity contribution in [2.75, 3.05) is 6.79 Å². The number of benzene rings is 2. The van der Waals surface area contributed by atoms with E-state index >= 15 is 0 Å². The van der Waals surface area contributed by atoms with Gasteiger partial charge in [0, 0.05) is 23.7 Å². The lowest BCUT2D eigenvalue weighted by molar-refractivity contribution is -0.116. The number of amides is 1. The van der Waals surface area contributed by atoms with Crippen LogP contribution in [0.25, 0.3) is 6.08 Å². The molecule has 0 spiro atoms. The van der Waals surface area contributed by atoms with Crippen molar-refractivity contribution in [3.05, 3.63) is 71.0 Å². The Morgan fingerprint density at radius 2 is 2.09 bits per heavy atom. The van der Waals surface area contributed by atoms with Gasteiger partial charge < -0.3 is 14.8 Å². The van der Waals surface area contributed by atoms with Crippen LogP contribution in [0, 0.1) is 5.82 Å². The highest BCUT2D eigenvalue weighted by Gasteiger charge is 2.15. The van der Waals surface area contributed by atoms with Gasteiger partial charge >= 0.3 is 0 Å². The summed E-state index contributed by atoms with van der Waals surface area (Å²) in [6, 6.07) is 12.3. The van der Waals surface area contributed by atoms with Crippen LogP contribution in [0.4, 0.5) is 4.39 Å². The molecule has 0 fully saturated rings. The Bertz CT molecular complexity index is 729. The molecule has 1 aliphatic rings. The molecule has 1 amide bonds. The van der Waals surface area contributed by atoms with Crippen molar-refractivity contribution in [1.82, 2.24) is 5.32 Å². The maximum atomic E-state index is 13.6. The zero-order valence-corrected chi connectivity index (χ0v) is 12.4. The van der Waals surface area contributed by atoms with Crippen molar-refractivity contribution in [3.63, 3.8) is 0 Å². The average Bonchev–Trinajstić information content (AvgIpc) is 2.58. The molecule has 5 heteroatoms. The van der Waals surface area contributed by atoms with Crippen LogP contribution in [0.1, 0.15) is 16.7 Å². The number of nitrogens with one attached hydrogen (secondary N) is 1. The van der Waals surface area contributed by atoms with E-state index in [9.17, 15) is 9.18 Å². The van der Waals surface area contributed by atoms with Crippen molar-refractivity contribution >= 4 is 12.0 Å². The number of hydrogen-bond donors (Lipinski definition) is 1. The number of fused-ring (bicyclic) bond motifs is 1. The lowest BCUT2D eigenvalue weighted by Gasteiger charge is -2.19. The Hall–Kier alpha value is -2.66. The number of carbonyl (C=O) groups is 1. The lowest BCUT2D eigenvalue weighted by atomic mass is 10.1. The monoisotopic (exact) mass is 313 g/mol. The first-order valence-electron chi connectivity index (χ1n) is 7.25. The SMILES string of the molecule is O=C(/C=C/c1cc(F)cc2c1OCOC2)NCc1ccccc1. The first kappa shape index (κ1) is 15.2. The van der Waals surface area contributed by atoms with Gasteiger partial charge in [-0.3, -0.25) is 4.79 Å². The van der Waals surface area contributed by atoms with Gasteiger partial charge in [0.15, 0.2) is 6.79 Å². The van der Waals surface area contributed by atoms with Crippen molar-refractivity contribution in [3.8, 4) is 5.75 Å². The Labute approximate surface area is 133 Å². The van der Waals surface area contributed by atoms with Gasteiger partial charge in [-0.2, -0.15) is 0 Å². The highest BCUT2D eigenvalue weighted by atomic mass is 19.1. The molecular formula is C18H16FNO3. The molecular weight excluding hydrogens is 297 g/mol. The summed E-state index contributed by atoms with van der Waals surface area (Å²) >= 11 is 0. The maximum absolute atomic E-state index is 13.6. The van der Waals surface area contributed by atoms with E-state index in [1.165, 1.54) is 18.2 Å². The van der Waals surface area contributed by atoms with E-state index in [0.717, 1.165) is 5.56 Å². The fourth-order valence-electron chi connectivity index (χ4n) is 2.34. The van der Waals surface area contributed by atoms with Crippen molar-refractivity contribution in [1.29, 1.82) is 0 Å². The first-order chi connectivity index (χ1) is 11.2. The molecule has 2 aromatic rings. The van der Waals surface area contributed by atoms with E-state index in [1.54, 1.807) is 6.08 Å². The van der Waals surface area contributed by atoms with Crippen molar-refractivity contribution in [2.45, 2.75) is 13.2 Å². The minimum absolute atomic E-state index is 0.125. The molecule has 0 saturated carbocycles. The number of ether oxygens (including phenoxy) is 2. The van der Waals surface area contributed by atoms with Crippen LogP contribution < -0.4 is 10.1 Å². The fraction of sp³-hybridized carbons (Fsp3) is 0.167. The molecule has 1 N–H and O–H groups in total. The third-order valence-corrected chi connectivity index (χ3v) is 3.43. The summed E-state index contributed by atoms with van der Waals surface area (Å²) < 4.78 is 24.1. The summed E-state index contributed by atoms with van der Waals surface area (Å²) in [6.45, 7) is 0.865.